The third-order valence-corrected chi connectivity index (χ3v) is 5.96. The molecule has 1 amide bonds. The Morgan fingerprint density at radius 2 is 2.11 bits per heavy atom. The Morgan fingerprint density at radius 3 is 2.63 bits per heavy atom. The van der Waals surface area contributed by atoms with E-state index in [9.17, 15) is 14.7 Å². The molecule has 10 heteroatoms. The predicted molar refractivity (Wildman–Crippen MR) is 109 cm³/mol. The summed E-state index contributed by atoms with van der Waals surface area (Å²) in [5.74, 6) is -0.373. The highest BCUT2D eigenvalue weighted by molar-refractivity contribution is 8.13. The fourth-order valence-corrected chi connectivity index (χ4v) is 3.63. The van der Waals surface area contributed by atoms with E-state index in [0.717, 1.165) is 11.8 Å². The second kappa shape index (κ2) is 11.3. The van der Waals surface area contributed by atoms with Crippen molar-refractivity contribution in [1.82, 2.24) is 10.3 Å². The van der Waals surface area contributed by atoms with Crippen LogP contribution < -0.4 is 5.32 Å². The minimum absolute atomic E-state index is 0.0551. The Bertz CT molecular complexity index is 688. The number of hydrogen-bond acceptors (Lipinski definition) is 7. The molecule has 0 aromatic carbocycles. The molecule has 1 aromatic heterocycles. The number of nitrogens with one attached hydrogen (secondary N) is 1. The molecule has 1 heterocycles. The standard InChI is InChI=1S/C17H27N5O3S2/c1-6-10(4)14(21-22-18)15(24)19-11(9(2)3)7-13(23)16-20-12(8-27-16)17(25)26-5/h8-11,13-14,23H,6-7H2,1-5H3,(H,19,24)/t10-,11+,13+,14-/m0/s1. The minimum Gasteiger partial charge on any atom is -0.386 e. The molecule has 1 aromatic rings. The van der Waals surface area contributed by atoms with Crippen LogP contribution in [0.25, 0.3) is 10.4 Å². The summed E-state index contributed by atoms with van der Waals surface area (Å²) in [6, 6.07) is -1.11. The Morgan fingerprint density at radius 1 is 1.44 bits per heavy atom. The Labute approximate surface area is 167 Å². The van der Waals surface area contributed by atoms with Crippen molar-refractivity contribution in [2.75, 3.05) is 6.26 Å². The first kappa shape index (κ1) is 23.4. The summed E-state index contributed by atoms with van der Waals surface area (Å²) in [6.07, 6.45) is 1.75. The average molecular weight is 414 g/mol. The van der Waals surface area contributed by atoms with E-state index < -0.39 is 12.1 Å². The highest BCUT2D eigenvalue weighted by Crippen LogP contribution is 2.26. The van der Waals surface area contributed by atoms with Crippen LogP contribution in [0.5, 0.6) is 0 Å². The first-order valence-corrected chi connectivity index (χ1v) is 10.9. The largest absolute Gasteiger partial charge is 0.386 e. The molecule has 150 valence electrons. The summed E-state index contributed by atoms with van der Waals surface area (Å²) >= 11 is 2.29. The number of azide groups is 1. The van der Waals surface area contributed by atoms with Crippen molar-refractivity contribution in [3.05, 3.63) is 26.5 Å². The zero-order valence-electron chi connectivity index (χ0n) is 16.2. The van der Waals surface area contributed by atoms with Gasteiger partial charge in [0.2, 0.25) is 11.0 Å². The Balaban J connectivity index is 2.86. The van der Waals surface area contributed by atoms with E-state index in [1.54, 1.807) is 11.6 Å². The number of thioether (sulfide) groups is 1. The number of aliphatic hydroxyl groups excluding tert-OH is 1. The highest BCUT2D eigenvalue weighted by Gasteiger charge is 2.28. The van der Waals surface area contributed by atoms with Crippen molar-refractivity contribution in [3.63, 3.8) is 0 Å². The number of aromatic nitrogens is 1. The third kappa shape index (κ3) is 6.80. The molecule has 4 atom stereocenters. The number of hydrogen-bond donors (Lipinski definition) is 2. The first-order valence-electron chi connectivity index (χ1n) is 8.81. The predicted octanol–water partition coefficient (Wildman–Crippen LogP) is 3.94. The second-order valence-corrected chi connectivity index (χ2v) is 8.38. The average Bonchev–Trinajstić information content (AvgIpc) is 3.14. The smallest absolute Gasteiger partial charge is 0.238 e. The van der Waals surface area contributed by atoms with Crippen molar-refractivity contribution >= 4 is 34.1 Å². The molecule has 0 saturated carbocycles. The number of nitrogens with zero attached hydrogens (tertiary/aromatic N) is 4. The number of aliphatic hydroxyl groups is 1. The molecule has 27 heavy (non-hydrogen) atoms. The fraction of sp³-hybridized carbons (Fsp3) is 0.706. The van der Waals surface area contributed by atoms with Gasteiger partial charge in [0.1, 0.15) is 22.8 Å². The van der Waals surface area contributed by atoms with Crippen molar-refractivity contribution < 1.29 is 14.7 Å². The van der Waals surface area contributed by atoms with Gasteiger partial charge in [0.25, 0.3) is 0 Å². The van der Waals surface area contributed by atoms with Gasteiger partial charge in [-0.25, -0.2) is 4.98 Å². The number of carbonyl (C=O) groups excluding carboxylic acids is 2. The van der Waals surface area contributed by atoms with E-state index in [1.807, 2.05) is 27.7 Å². The Kier molecular flexibility index (Phi) is 9.79. The lowest BCUT2D eigenvalue weighted by atomic mass is 9.95. The second-order valence-electron chi connectivity index (χ2n) is 6.71. The van der Waals surface area contributed by atoms with Gasteiger partial charge in [-0.05, 0) is 23.6 Å². The molecule has 0 aliphatic rings. The lowest BCUT2D eigenvalue weighted by molar-refractivity contribution is -0.124. The van der Waals surface area contributed by atoms with E-state index in [1.165, 1.54) is 11.3 Å². The van der Waals surface area contributed by atoms with Gasteiger partial charge in [0.05, 0.1) is 0 Å². The van der Waals surface area contributed by atoms with Crippen LogP contribution in [0.3, 0.4) is 0 Å². The van der Waals surface area contributed by atoms with Crippen LogP contribution in [-0.2, 0) is 4.79 Å². The van der Waals surface area contributed by atoms with Crippen molar-refractivity contribution in [3.8, 4) is 0 Å². The highest BCUT2D eigenvalue weighted by atomic mass is 32.2. The molecule has 1 rings (SSSR count). The summed E-state index contributed by atoms with van der Waals surface area (Å²) in [6.45, 7) is 7.66. The summed E-state index contributed by atoms with van der Waals surface area (Å²) < 4.78 is 0. The SMILES string of the molecule is CC[C@H](C)[C@H](N=[N+]=[N-])C(=O)N[C@H](C[C@@H](O)c1nc(C(=O)SC)cs1)C(C)C. The number of rotatable bonds is 10. The van der Waals surface area contributed by atoms with E-state index in [4.69, 9.17) is 5.53 Å². The maximum Gasteiger partial charge on any atom is 0.238 e. The Hall–Kier alpha value is -1.61. The zero-order chi connectivity index (χ0) is 20.6. The molecule has 2 N–H and O–H groups in total. The first-order chi connectivity index (χ1) is 12.7. The number of amides is 1. The van der Waals surface area contributed by atoms with Crippen LogP contribution in [0.4, 0.5) is 0 Å². The number of thiazole rings is 1. The third-order valence-electron chi connectivity index (χ3n) is 4.44. The monoisotopic (exact) mass is 413 g/mol. The van der Waals surface area contributed by atoms with E-state index in [-0.39, 0.29) is 35.3 Å². The van der Waals surface area contributed by atoms with Crippen LogP contribution in [0.15, 0.2) is 10.5 Å². The fourth-order valence-electron chi connectivity index (χ4n) is 2.45. The summed E-state index contributed by atoms with van der Waals surface area (Å²) in [7, 11) is 0. The lowest BCUT2D eigenvalue weighted by Gasteiger charge is -2.27. The van der Waals surface area contributed by atoms with Gasteiger partial charge in [0.15, 0.2) is 0 Å². The van der Waals surface area contributed by atoms with Gasteiger partial charge in [-0.3, -0.25) is 9.59 Å². The molecular formula is C17H27N5O3S2. The molecule has 0 radical (unpaired) electrons. The molecule has 0 aliphatic carbocycles. The van der Waals surface area contributed by atoms with Gasteiger partial charge < -0.3 is 10.4 Å². The van der Waals surface area contributed by atoms with E-state index in [2.05, 4.69) is 20.3 Å². The van der Waals surface area contributed by atoms with Crippen LogP contribution >= 0.6 is 23.1 Å². The van der Waals surface area contributed by atoms with Gasteiger partial charge in [-0.1, -0.05) is 51.0 Å². The van der Waals surface area contributed by atoms with Crippen LogP contribution in [0, 0.1) is 11.8 Å². The van der Waals surface area contributed by atoms with Crippen LogP contribution in [0.2, 0.25) is 0 Å². The van der Waals surface area contributed by atoms with Crippen molar-refractivity contribution in [2.45, 2.75) is 58.7 Å². The quantitative estimate of drug-likeness (QED) is 0.341. The molecule has 0 spiro atoms. The minimum atomic E-state index is -0.896. The molecule has 0 fully saturated rings. The maximum absolute atomic E-state index is 12.6. The molecule has 0 unspecified atom stereocenters. The van der Waals surface area contributed by atoms with Crippen molar-refractivity contribution in [2.24, 2.45) is 17.0 Å². The molecule has 0 saturated heterocycles. The van der Waals surface area contributed by atoms with Gasteiger partial charge in [-0.2, -0.15) is 0 Å². The van der Waals surface area contributed by atoms with Gasteiger partial charge in [0, 0.05) is 22.8 Å². The molecule has 8 nitrogen and oxygen atoms in total. The summed E-state index contributed by atoms with van der Waals surface area (Å²) in [5.41, 5.74) is 9.06. The molecule has 0 aliphatic heterocycles. The van der Waals surface area contributed by atoms with Crippen molar-refractivity contribution in [1.29, 1.82) is 0 Å². The summed E-state index contributed by atoms with van der Waals surface area (Å²) in [4.78, 5) is 31.2. The topological polar surface area (TPSA) is 128 Å². The molecule has 0 bridgehead atoms. The van der Waals surface area contributed by atoms with Crippen LogP contribution in [-0.4, -0.2) is 39.5 Å². The molecular weight excluding hydrogens is 386 g/mol. The lowest BCUT2D eigenvalue weighted by Crippen LogP contribution is -2.45. The van der Waals surface area contributed by atoms with Crippen LogP contribution in [0.1, 0.15) is 62.1 Å². The van der Waals surface area contributed by atoms with Gasteiger partial charge in [-0.15, -0.1) is 11.3 Å². The maximum atomic E-state index is 12.6. The normalized spacial score (nSPS) is 15.5. The van der Waals surface area contributed by atoms with E-state index >= 15 is 0 Å². The number of carbonyl (C=O) groups is 2. The van der Waals surface area contributed by atoms with E-state index in [0.29, 0.717) is 17.1 Å². The zero-order valence-corrected chi connectivity index (χ0v) is 17.9. The summed E-state index contributed by atoms with van der Waals surface area (Å²) in [5, 5.41) is 19.0. The van der Waals surface area contributed by atoms with Gasteiger partial charge >= 0.3 is 0 Å².